The monoisotopic (exact) mass is 451 g/mol. The summed E-state index contributed by atoms with van der Waals surface area (Å²) in [6, 6.07) is 0. The average Bonchev–Trinajstić information content (AvgIpc) is 2.49. The first-order chi connectivity index (χ1) is 9.20. The van der Waals surface area contributed by atoms with Gasteiger partial charge in [0, 0.05) is 32.7 Å². The molecule has 0 amide bonds. The molecule has 1 aliphatic rings. The predicted molar refractivity (Wildman–Crippen MR) is 61.4 cm³/mol. The smallest absolute Gasteiger partial charge is 0.278 e. The van der Waals surface area contributed by atoms with Crippen molar-refractivity contribution < 1.29 is 79.1 Å². The summed E-state index contributed by atoms with van der Waals surface area (Å²) in [5.41, 5.74) is -0.337. The first-order valence-electron chi connectivity index (χ1n) is 5.61. The fourth-order valence-electron chi connectivity index (χ4n) is 1.88. The molecule has 2 unspecified atom stereocenters. The van der Waals surface area contributed by atoms with Gasteiger partial charge in [0.25, 0.3) is 15.6 Å². The van der Waals surface area contributed by atoms with Crippen LogP contribution >= 0.6 is 23.5 Å². The zero-order valence-corrected chi connectivity index (χ0v) is 17.0. The van der Waals surface area contributed by atoms with E-state index in [1.165, 1.54) is 0 Å². The average molecular weight is 451 g/mol. The fraction of sp³-hybridized carbons (Fsp3) is 0.750. The first-order valence-corrected chi connectivity index (χ1v) is 9.99. The topological polar surface area (TPSA) is 171 Å². The Bertz CT molecular complexity index is 516. The van der Waals surface area contributed by atoms with Crippen molar-refractivity contribution in [2.45, 2.75) is 19.8 Å². The van der Waals surface area contributed by atoms with E-state index >= 15 is 0 Å². The summed E-state index contributed by atoms with van der Waals surface area (Å²) in [6.45, 7) is 5.33. The third kappa shape index (κ3) is 9.72. The van der Waals surface area contributed by atoms with E-state index in [1.807, 2.05) is 13.3 Å². The Morgan fingerprint density at radius 3 is 2.14 bits per heavy atom. The standard InChI is InChI=1S/C8H17O10P3.Y/c1-8(2)4-3-7(5-8)6-16-20(12,13)18-21(14,15)17-19(9,10)11;/h4,7H,1,3,5-6H2,2H3,(H,12,13)(H,14,15)(H2,9,10,11);/q-2;/p-4/t7-,8+;/m1./s1. The van der Waals surface area contributed by atoms with Gasteiger partial charge in [-0.15, -0.1) is 6.92 Å². The van der Waals surface area contributed by atoms with E-state index in [9.17, 15) is 33.3 Å². The number of phosphoric ester groups is 1. The molecule has 0 spiro atoms. The second-order valence-corrected chi connectivity index (χ2v) is 9.21. The Kier molecular flexibility index (Phi) is 8.83. The van der Waals surface area contributed by atoms with Crippen LogP contribution in [0.4, 0.5) is 0 Å². The van der Waals surface area contributed by atoms with Gasteiger partial charge in [0.2, 0.25) is 0 Å². The maximum absolute atomic E-state index is 11.3. The van der Waals surface area contributed by atoms with Crippen molar-refractivity contribution in [1.82, 2.24) is 0 Å². The molecule has 1 fully saturated rings. The van der Waals surface area contributed by atoms with Gasteiger partial charge in [-0.25, -0.2) is 4.31 Å². The van der Waals surface area contributed by atoms with Gasteiger partial charge in [0.05, 0.1) is 14.4 Å². The Morgan fingerprint density at radius 1 is 1.18 bits per heavy atom. The summed E-state index contributed by atoms with van der Waals surface area (Å²) in [6.07, 6.45) is 2.90. The predicted octanol–water partition coefficient (Wildman–Crippen LogP) is -0.746. The van der Waals surface area contributed by atoms with Crippen molar-refractivity contribution >= 4 is 23.5 Å². The molecule has 0 aromatic heterocycles. The quantitative estimate of drug-likeness (QED) is 0.355. The van der Waals surface area contributed by atoms with Crippen LogP contribution in [0.5, 0.6) is 0 Å². The van der Waals surface area contributed by atoms with Crippen molar-refractivity contribution in [3.63, 3.8) is 0 Å². The van der Waals surface area contributed by atoms with Crippen LogP contribution in [-0.4, -0.2) is 6.61 Å². The van der Waals surface area contributed by atoms with Gasteiger partial charge in [-0.1, -0.05) is 6.42 Å². The summed E-state index contributed by atoms with van der Waals surface area (Å²) >= 11 is 0. The third-order valence-corrected chi connectivity index (χ3v) is 6.23. The van der Waals surface area contributed by atoms with E-state index in [2.05, 4.69) is 20.1 Å². The van der Waals surface area contributed by atoms with Crippen LogP contribution in [0.25, 0.3) is 0 Å². The molecule has 129 valence electrons. The Hall–Kier alpha value is 1.51. The molecule has 4 atom stereocenters. The Morgan fingerprint density at radius 2 is 1.73 bits per heavy atom. The molecule has 0 heterocycles. The molecule has 0 aromatic rings. The second-order valence-electron chi connectivity index (χ2n) is 4.96. The molecular weight excluding hydrogens is 438 g/mol. The molecule has 10 nitrogen and oxygen atoms in total. The second kappa shape index (κ2) is 8.26. The van der Waals surface area contributed by atoms with Gasteiger partial charge in [0.1, 0.15) is 0 Å². The maximum Gasteiger partial charge on any atom is 0.278 e. The van der Waals surface area contributed by atoms with E-state index in [4.69, 9.17) is 0 Å². The van der Waals surface area contributed by atoms with Gasteiger partial charge >= 0.3 is 0 Å². The minimum absolute atomic E-state index is 0. The SMILES string of the molecule is [CH2-][C@]1(C)[CH-]C[C@@H](COP(=O)([O-])OP(=O)([O-])OP(=O)([O-])[O-])C1.[Y]. The van der Waals surface area contributed by atoms with E-state index in [-0.39, 0.29) is 50.6 Å². The number of hydrogen-bond donors (Lipinski definition) is 0. The van der Waals surface area contributed by atoms with Crippen LogP contribution in [0.3, 0.4) is 0 Å². The van der Waals surface area contributed by atoms with Gasteiger partial charge in [-0.05, 0) is 5.92 Å². The van der Waals surface area contributed by atoms with E-state index in [0.29, 0.717) is 12.8 Å². The van der Waals surface area contributed by atoms with Crippen LogP contribution in [0, 0.1) is 24.7 Å². The fourth-order valence-corrected chi connectivity index (χ4v) is 4.81. The maximum atomic E-state index is 11.3. The summed E-state index contributed by atoms with van der Waals surface area (Å²) in [5, 5.41) is 0. The van der Waals surface area contributed by atoms with Crippen LogP contribution in [0.2, 0.25) is 0 Å². The molecule has 1 radical (unpaired) electrons. The van der Waals surface area contributed by atoms with Crippen LogP contribution < -0.4 is 19.6 Å². The molecular formula is C8H13O10P3Y-6. The molecule has 0 aromatic carbocycles. The molecule has 1 rings (SSSR count). The van der Waals surface area contributed by atoms with Crippen molar-refractivity contribution in [2.24, 2.45) is 11.3 Å². The normalized spacial score (nSPS) is 31.1. The summed E-state index contributed by atoms with van der Waals surface area (Å²) in [4.78, 5) is 42.4. The molecule has 1 saturated carbocycles. The van der Waals surface area contributed by atoms with Crippen molar-refractivity contribution in [1.29, 1.82) is 0 Å². The van der Waals surface area contributed by atoms with Crippen LogP contribution in [0.1, 0.15) is 19.8 Å². The Labute approximate surface area is 153 Å². The molecule has 1 aliphatic carbocycles. The van der Waals surface area contributed by atoms with Crippen molar-refractivity contribution in [3.8, 4) is 0 Å². The van der Waals surface area contributed by atoms with Gasteiger partial charge in [-0.2, -0.15) is 6.42 Å². The van der Waals surface area contributed by atoms with Crippen molar-refractivity contribution in [2.75, 3.05) is 6.61 Å². The molecule has 0 aliphatic heterocycles. The van der Waals surface area contributed by atoms with E-state index in [1.54, 1.807) is 0 Å². The van der Waals surface area contributed by atoms with Crippen molar-refractivity contribution in [3.05, 3.63) is 13.3 Å². The van der Waals surface area contributed by atoms with Gasteiger partial charge in [-0.3, -0.25) is 18.9 Å². The minimum Gasteiger partial charge on any atom is -0.790 e. The number of hydrogen-bond acceptors (Lipinski definition) is 10. The van der Waals surface area contributed by atoms with Crippen LogP contribution in [-0.2, 0) is 59.5 Å². The van der Waals surface area contributed by atoms with Crippen LogP contribution in [0.15, 0.2) is 0 Å². The zero-order chi connectivity index (χ0) is 16.5. The summed E-state index contributed by atoms with van der Waals surface area (Å²) < 4.78 is 43.1. The molecule has 22 heavy (non-hydrogen) atoms. The number of phosphoric acid groups is 3. The number of rotatable bonds is 7. The largest absolute Gasteiger partial charge is 0.790 e. The zero-order valence-electron chi connectivity index (χ0n) is 11.5. The minimum atomic E-state index is -5.96. The molecule has 0 saturated heterocycles. The summed E-state index contributed by atoms with van der Waals surface area (Å²) in [5.74, 6) is -0.213. The van der Waals surface area contributed by atoms with E-state index < -0.39 is 23.5 Å². The van der Waals surface area contributed by atoms with Gasteiger partial charge < -0.3 is 42.0 Å². The van der Waals surface area contributed by atoms with E-state index in [0.717, 1.165) is 0 Å². The molecule has 0 N–H and O–H groups in total. The van der Waals surface area contributed by atoms with Gasteiger partial charge in [0.15, 0.2) is 0 Å². The third-order valence-electron chi connectivity index (χ3n) is 2.57. The first kappa shape index (κ1) is 23.5. The molecule has 14 heteroatoms. The Balaban J connectivity index is 0.00000441. The summed E-state index contributed by atoms with van der Waals surface area (Å²) in [7, 11) is -17.2. The molecule has 0 bridgehead atoms.